The topological polar surface area (TPSA) is 8.81 Å². The van der Waals surface area contributed by atoms with Crippen LogP contribution in [0.25, 0.3) is 0 Å². The molecule has 0 saturated carbocycles. The average Bonchev–Trinajstić information content (AvgIpc) is 2.37. The largest absolute Gasteiger partial charge is 1.00 e. The van der Waals surface area contributed by atoms with Crippen LogP contribution in [0.4, 0.5) is 0 Å². The molecule has 0 N–H and O–H groups in total. The second-order valence-electron chi connectivity index (χ2n) is 2.46. The van der Waals surface area contributed by atoms with E-state index in [-0.39, 0.29) is 17.0 Å². The van der Waals surface area contributed by atoms with E-state index < -0.39 is 0 Å². The van der Waals surface area contributed by atoms with Crippen molar-refractivity contribution in [1.29, 1.82) is 0 Å². The Balaban J connectivity index is 0.00000121. The Morgan fingerprint density at radius 3 is 2.67 bits per heavy atom. The number of aryl methyl sites for hydroxylation is 1. The summed E-state index contributed by atoms with van der Waals surface area (Å²) < 4.78 is 4.07. The number of nitrogens with zero attached hydrogens (tertiary/aromatic N) is 2. The lowest BCUT2D eigenvalue weighted by Crippen LogP contribution is -3.00. The van der Waals surface area contributed by atoms with E-state index in [1.54, 1.807) is 0 Å². The zero-order valence-electron chi connectivity index (χ0n) is 7.42. The van der Waals surface area contributed by atoms with Gasteiger partial charge in [-0.2, -0.15) is 0 Å². The van der Waals surface area contributed by atoms with Crippen LogP contribution in [0.5, 0.6) is 0 Å². The summed E-state index contributed by atoms with van der Waals surface area (Å²) in [6.45, 7) is 2.86. The molecule has 0 fully saturated rings. The van der Waals surface area contributed by atoms with Gasteiger partial charge in [-0.1, -0.05) is 18.8 Å². The van der Waals surface area contributed by atoms with Gasteiger partial charge in [-0.3, -0.25) is 0 Å². The minimum Gasteiger partial charge on any atom is -1.00 e. The van der Waals surface area contributed by atoms with Gasteiger partial charge < -0.3 is 17.0 Å². The van der Waals surface area contributed by atoms with Gasteiger partial charge in [0.05, 0.1) is 7.05 Å². The molecule has 66 valence electrons. The number of halogens is 1. The van der Waals surface area contributed by atoms with Gasteiger partial charge in [0.15, 0.2) is 6.54 Å². The van der Waals surface area contributed by atoms with E-state index >= 15 is 0 Å². The Hall–Kier alpha value is -0.750. The minimum atomic E-state index is 0. The third-order valence-electron chi connectivity index (χ3n) is 1.39. The van der Waals surface area contributed by atoms with E-state index in [2.05, 4.69) is 23.3 Å². The Kier molecular flexibility index (Phi) is 5.48. The summed E-state index contributed by atoms with van der Waals surface area (Å²) in [5.74, 6) is 6.09. The molecule has 1 aromatic rings. The van der Waals surface area contributed by atoms with Gasteiger partial charge in [0.25, 0.3) is 0 Å². The summed E-state index contributed by atoms with van der Waals surface area (Å²) in [5, 5.41) is 0. The number of imidazole rings is 1. The van der Waals surface area contributed by atoms with Crippen molar-refractivity contribution in [2.24, 2.45) is 7.05 Å². The molecule has 0 aliphatic heterocycles. The summed E-state index contributed by atoms with van der Waals surface area (Å²) in [5.41, 5.74) is 0. The van der Waals surface area contributed by atoms with E-state index in [1.807, 2.05) is 30.3 Å². The molecule has 12 heavy (non-hydrogen) atoms. The molecule has 0 aliphatic rings. The van der Waals surface area contributed by atoms with E-state index in [0.29, 0.717) is 0 Å². The second-order valence-corrected chi connectivity index (χ2v) is 2.46. The first kappa shape index (κ1) is 11.2. The van der Waals surface area contributed by atoms with Crippen LogP contribution in [0.15, 0.2) is 18.7 Å². The van der Waals surface area contributed by atoms with E-state index in [1.165, 1.54) is 0 Å². The van der Waals surface area contributed by atoms with Crippen LogP contribution in [-0.4, -0.2) is 4.57 Å². The van der Waals surface area contributed by atoms with Crippen molar-refractivity contribution < 1.29 is 21.5 Å². The minimum absolute atomic E-state index is 0. The highest BCUT2D eigenvalue weighted by molar-refractivity contribution is 4.94. The molecule has 2 nitrogen and oxygen atoms in total. The predicted molar refractivity (Wildman–Crippen MR) is 43.7 cm³/mol. The maximum atomic E-state index is 3.06. The first-order chi connectivity index (χ1) is 5.33. The van der Waals surface area contributed by atoms with Crippen LogP contribution in [0, 0.1) is 11.8 Å². The Morgan fingerprint density at radius 2 is 2.17 bits per heavy atom. The van der Waals surface area contributed by atoms with Crippen molar-refractivity contribution in [1.82, 2.24) is 4.57 Å². The number of aromatic nitrogens is 2. The quantitative estimate of drug-likeness (QED) is 0.379. The van der Waals surface area contributed by atoms with Crippen molar-refractivity contribution in [2.75, 3.05) is 0 Å². The standard InChI is InChI=1S/C9H13N2.BrH/c1-3-4-5-6-11-8-7-10(2)9-11;/h7-9H,3,6H2,1-2H3;1H/q+1;/p-1. The fourth-order valence-corrected chi connectivity index (χ4v) is 0.867. The third-order valence-corrected chi connectivity index (χ3v) is 1.39. The number of hydrogen-bond donors (Lipinski definition) is 0. The lowest BCUT2D eigenvalue weighted by molar-refractivity contribution is -0.684. The molecule has 0 radical (unpaired) electrons. The molecule has 0 amide bonds. The van der Waals surface area contributed by atoms with Gasteiger partial charge in [-0.15, -0.1) is 0 Å². The van der Waals surface area contributed by atoms with Gasteiger partial charge in [-0.25, -0.2) is 9.13 Å². The summed E-state index contributed by atoms with van der Waals surface area (Å²) in [4.78, 5) is 0. The van der Waals surface area contributed by atoms with Crippen LogP contribution < -0.4 is 21.5 Å². The van der Waals surface area contributed by atoms with Crippen molar-refractivity contribution >= 4 is 0 Å². The van der Waals surface area contributed by atoms with Crippen LogP contribution in [-0.2, 0) is 13.6 Å². The number of hydrogen-bond acceptors (Lipinski definition) is 0. The maximum Gasteiger partial charge on any atom is 0.244 e. The van der Waals surface area contributed by atoms with E-state index in [9.17, 15) is 0 Å². The molecule has 0 bridgehead atoms. The van der Waals surface area contributed by atoms with Crippen molar-refractivity contribution in [3.05, 3.63) is 18.7 Å². The van der Waals surface area contributed by atoms with Gasteiger partial charge in [0.2, 0.25) is 6.33 Å². The smallest absolute Gasteiger partial charge is 0.244 e. The predicted octanol–water partition coefficient (Wildman–Crippen LogP) is -2.27. The summed E-state index contributed by atoms with van der Waals surface area (Å²) in [6, 6.07) is 0. The van der Waals surface area contributed by atoms with Crippen LogP contribution in [0.2, 0.25) is 0 Å². The lowest BCUT2D eigenvalue weighted by Gasteiger charge is -1.82. The van der Waals surface area contributed by atoms with Crippen molar-refractivity contribution in [2.45, 2.75) is 19.9 Å². The highest BCUT2D eigenvalue weighted by atomic mass is 79.9. The molecular weight excluding hydrogens is 216 g/mol. The molecule has 0 atom stereocenters. The molecule has 0 unspecified atom stereocenters. The average molecular weight is 229 g/mol. The van der Waals surface area contributed by atoms with Crippen LogP contribution >= 0.6 is 0 Å². The van der Waals surface area contributed by atoms with Crippen LogP contribution in [0.1, 0.15) is 13.3 Å². The fraction of sp³-hybridized carbons (Fsp3) is 0.444. The monoisotopic (exact) mass is 228 g/mol. The summed E-state index contributed by atoms with van der Waals surface area (Å²) in [7, 11) is 2.00. The van der Waals surface area contributed by atoms with Crippen molar-refractivity contribution in [3.8, 4) is 11.8 Å². The third kappa shape index (κ3) is 3.59. The van der Waals surface area contributed by atoms with E-state index in [4.69, 9.17) is 0 Å². The Bertz CT molecular complexity index is 280. The molecule has 1 heterocycles. The molecule has 0 aliphatic carbocycles. The zero-order valence-corrected chi connectivity index (χ0v) is 9.00. The van der Waals surface area contributed by atoms with Gasteiger partial charge >= 0.3 is 0 Å². The first-order valence-corrected chi connectivity index (χ1v) is 3.79. The highest BCUT2D eigenvalue weighted by Crippen LogP contribution is 1.76. The fourth-order valence-electron chi connectivity index (χ4n) is 0.867. The molecule has 0 spiro atoms. The highest BCUT2D eigenvalue weighted by Gasteiger charge is 1.94. The van der Waals surface area contributed by atoms with Gasteiger partial charge in [0.1, 0.15) is 12.4 Å². The molecule has 0 aromatic carbocycles. The van der Waals surface area contributed by atoms with Gasteiger partial charge in [-0.05, 0) is 0 Å². The second kappa shape index (κ2) is 5.84. The van der Waals surface area contributed by atoms with Gasteiger partial charge in [0, 0.05) is 6.42 Å². The lowest BCUT2D eigenvalue weighted by atomic mass is 10.5. The van der Waals surface area contributed by atoms with E-state index in [0.717, 1.165) is 13.0 Å². The Morgan fingerprint density at radius 1 is 1.42 bits per heavy atom. The number of rotatable bonds is 1. The first-order valence-electron chi connectivity index (χ1n) is 3.79. The summed E-state index contributed by atoms with van der Waals surface area (Å²) in [6.07, 6.45) is 6.98. The zero-order chi connectivity index (χ0) is 8.10. The molecule has 3 heteroatoms. The SMILES string of the molecule is CCC#CC[n+]1ccn(C)c1.[Br-]. The Labute approximate surface area is 84.0 Å². The molecule has 1 rings (SSSR count). The normalized spacial score (nSPS) is 8.17. The molecular formula is C9H13BrN2. The summed E-state index contributed by atoms with van der Waals surface area (Å²) >= 11 is 0. The molecule has 0 saturated heterocycles. The van der Waals surface area contributed by atoms with Crippen LogP contribution in [0.3, 0.4) is 0 Å². The van der Waals surface area contributed by atoms with Crippen molar-refractivity contribution in [3.63, 3.8) is 0 Å². The maximum absolute atomic E-state index is 3.06. The molecule has 1 aromatic heterocycles.